The second-order valence-electron chi connectivity index (χ2n) is 6.10. The lowest BCUT2D eigenvalue weighted by Crippen LogP contribution is -2.29. The molecule has 1 aromatic heterocycles. The molecule has 5 nitrogen and oxygen atoms in total. The molecule has 0 saturated heterocycles. The first-order valence-electron chi connectivity index (χ1n) is 8.12. The zero-order valence-corrected chi connectivity index (χ0v) is 15.8. The van der Waals surface area contributed by atoms with Gasteiger partial charge in [0.1, 0.15) is 16.5 Å². The van der Waals surface area contributed by atoms with Gasteiger partial charge < -0.3 is 4.90 Å². The molecular formula is C18H19ClFN3O2S. The molecule has 0 fully saturated rings. The minimum atomic E-state index is -3.73. The fraction of sp³-hybridized carbons (Fsp3) is 0.278. The molecule has 8 heteroatoms. The highest BCUT2D eigenvalue weighted by molar-refractivity contribution is 7.89. The predicted molar refractivity (Wildman–Crippen MR) is 101 cm³/mol. The Bertz CT molecular complexity index is 899. The number of anilines is 1. The molecule has 2 heterocycles. The fourth-order valence-corrected chi connectivity index (χ4v) is 4.06. The number of likely N-dealkylation sites (N-methyl/N-ethyl adjacent to an activating group) is 1. The van der Waals surface area contributed by atoms with Gasteiger partial charge in [0, 0.05) is 31.4 Å². The second-order valence-corrected chi connectivity index (χ2v) is 8.47. The van der Waals surface area contributed by atoms with Gasteiger partial charge in [0.15, 0.2) is 0 Å². The van der Waals surface area contributed by atoms with Gasteiger partial charge in [-0.05, 0) is 42.3 Å². The van der Waals surface area contributed by atoms with Crippen molar-refractivity contribution in [2.75, 3.05) is 31.6 Å². The highest BCUT2D eigenvalue weighted by Gasteiger charge is 2.28. The Kier molecular flexibility index (Phi) is 5.60. The normalized spacial score (nSPS) is 15.1. The van der Waals surface area contributed by atoms with E-state index in [0.717, 1.165) is 22.8 Å². The van der Waals surface area contributed by atoms with Crippen molar-refractivity contribution in [1.29, 1.82) is 0 Å². The standard InChI is InChI=1S/C18H19ClFN3O2S/c1-22(10-8-14-2-4-15(19)5-3-14)18-7-6-17(12-21-18)26(24,25)23-11-9-16(20)13-23/h2-7,9,12H,8,10-11,13H2,1H3. The summed E-state index contributed by atoms with van der Waals surface area (Å²) < 4.78 is 39.2. The topological polar surface area (TPSA) is 53.5 Å². The van der Waals surface area contributed by atoms with Crippen LogP contribution >= 0.6 is 11.6 Å². The van der Waals surface area contributed by atoms with Crippen LogP contribution in [0.2, 0.25) is 5.02 Å². The molecule has 0 amide bonds. The third-order valence-corrected chi connectivity index (χ3v) is 6.29. The van der Waals surface area contributed by atoms with Gasteiger partial charge in [-0.25, -0.2) is 17.8 Å². The molecule has 1 aliphatic rings. The molecular weight excluding hydrogens is 377 g/mol. The van der Waals surface area contributed by atoms with Crippen LogP contribution in [0.3, 0.4) is 0 Å². The summed E-state index contributed by atoms with van der Waals surface area (Å²) in [6.45, 7) is 0.560. The molecule has 2 aromatic rings. The van der Waals surface area contributed by atoms with Crippen LogP contribution in [-0.4, -0.2) is 44.4 Å². The van der Waals surface area contributed by atoms with E-state index in [-0.39, 0.29) is 18.0 Å². The number of hydrogen-bond donors (Lipinski definition) is 0. The van der Waals surface area contributed by atoms with Crippen LogP contribution in [-0.2, 0) is 16.4 Å². The largest absolute Gasteiger partial charge is 0.359 e. The Morgan fingerprint density at radius 1 is 1.23 bits per heavy atom. The Hall–Kier alpha value is -1.96. The molecule has 0 radical (unpaired) electrons. The minimum Gasteiger partial charge on any atom is -0.359 e. The van der Waals surface area contributed by atoms with Crippen LogP contribution in [0.15, 0.2) is 59.4 Å². The Morgan fingerprint density at radius 3 is 2.54 bits per heavy atom. The van der Waals surface area contributed by atoms with Crippen LogP contribution in [0.25, 0.3) is 0 Å². The summed E-state index contributed by atoms with van der Waals surface area (Å²) in [4.78, 5) is 6.26. The Labute approximate surface area is 157 Å². The molecule has 3 rings (SSSR count). The van der Waals surface area contributed by atoms with Crippen molar-refractivity contribution in [3.63, 3.8) is 0 Å². The third kappa shape index (κ3) is 4.23. The van der Waals surface area contributed by atoms with E-state index in [9.17, 15) is 12.8 Å². The van der Waals surface area contributed by atoms with Gasteiger partial charge in [-0.15, -0.1) is 0 Å². The quantitative estimate of drug-likeness (QED) is 0.753. The maximum Gasteiger partial charge on any atom is 0.245 e. The van der Waals surface area contributed by atoms with Gasteiger partial charge in [-0.2, -0.15) is 4.31 Å². The number of sulfonamides is 1. The van der Waals surface area contributed by atoms with Crippen molar-refractivity contribution in [3.05, 3.63) is 65.1 Å². The Balaban J connectivity index is 1.64. The summed E-state index contributed by atoms with van der Waals surface area (Å²) in [5, 5.41) is 0.702. The van der Waals surface area contributed by atoms with Gasteiger partial charge >= 0.3 is 0 Å². The lowest BCUT2D eigenvalue weighted by atomic mass is 10.1. The van der Waals surface area contributed by atoms with E-state index in [0.29, 0.717) is 10.8 Å². The number of halogens is 2. The maximum absolute atomic E-state index is 13.2. The average Bonchev–Trinajstić information content (AvgIpc) is 3.08. The molecule has 0 saturated carbocycles. The zero-order chi connectivity index (χ0) is 18.7. The van der Waals surface area contributed by atoms with Crippen molar-refractivity contribution < 1.29 is 12.8 Å². The van der Waals surface area contributed by atoms with Crippen molar-refractivity contribution >= 4 is 27.4 Å². The van der Waals surface area contributed by atoms with Crippen molar-refractivity contribution in [3.8, 4) is 0 Å². The van der Waals surface area contributed by atoms with Crippen molar-refractivity contribution in [2.24, 2.45) is 0 Å². The molecule has 1 aliphatic heterocycles. The molecule has 0 N–H and O–H groups in total. The second kappa shape index (κ2) is 7.73. The molecule has 0 spiro atoms. The molecule has 0 atom stereocenters. The molecule has 138 valence electrons. The molecule has 0 bridgehead atoms. The van der Waals surface area contributed by atoms with Crippen LogP contribution in [0.4, 0.5) is 10.2 Å². The number of hydrogen-bond acceptors (Lipinski definition) is 4. The number of aromatic nitrogens is 1. The number of rotatable bonds is 6. The summed E-state index contributed by atoms with van der Waals surface area (Å²) in [7, 11) is -1.83. The van der Waals surface area contributed by atoms with Gasteiger partial charge in [-0.3, -0.25) is 0 Å². The number of nitrogens with zero attached hydrogens (tertiary/aromatic N) is 3. The highest BCUT2D eigenvalue weighted by atomic mass is 35.5. The molecule has 1 aromatic carbocycles. The summed E-state index contributed by atoms with van der Waals surface area (Å²) in [5.74, 6) is 0.240. The number of benzene rings is 1. The first-order chi connectivity index (χ1) is 12.4. The van der Waals surface area contributed by atoms with Crippen LogP contribution < -0.4 is 4.90 Å². The van der Waals surface area contributed by atoms with Crippen LogP contribution in [0.5, 0.6) is 0 Å². The fourth-order valence-electron chi connectivity index (χ4n) is 2.64. The van der Waals surface area contributed by atoms with Gasteiger partial charge in [0.05, 0.1) is 6.54 Å². The summed E-state index contributed by atoms with van der Waals surface area (Å²) in [6, 6.07) is 10.8. The minimum absolute atomic E-state index is 0.0525. The van der Waals surface area contributed by atoms with E-state index in [1.54, 1.807) is 6.07 Å². The monoisotopic (exact) mass is 395 g/mol. The SMILES string of the molecule is CN(CCc1ccc(Cl)cc1)c1ccc(S(=O)(=O)N2CC=C(F)C2)cn1. The van der Waals surface area contributed by atoms with Crippen molar-refractivity contribution in [1.82, 2.24) is 9.29 Å². The summed E-state index contributed by atoms with van der Waals surface area (Å²) in [6.07, 6.45) is 3.40. The Morgan fingerprint density at radius 2 is 1.96 bits per heavy atom. The number of pyridine rings is 1. The van der Waals surface area contributed by atoms with Gasteiger partial charge in [-0.1, -0.05) is 23.7 Å². The van der Waals surface area contributed by atoms with Crippen molar-refractivity contribution in [2.45, 2.75) is 11.3 Å². The summed E-state index contributed by atoms with van der Waals surface area (Å²) in [5.41, 5.74) is 1.16. The van der Waals surface area contributed by atoms with E-state index < -0.39 is 15.9 Å². The smallest absolute Gasteiger partial charge is 0.245 e. The molecule has 0 aliphatic carbocycles. The first kappa shape index (κ1) is 18.8. The highest BCUT2D eigenvalue weighted by Crippen LogP contribution is 2.22. The summed E-state index contributed by atoms with van der Waals surface area (Å²) >= 11 is 5.88. The van der Waals surface area contributed by atoms with E-state index in [4.69, 9.17) is 11.6 Å². The third-order valence-electron chi connectivity index (χ3n) is 4.24. The average molecular weight is 396 g/mol. The van der Waals surface area contributed by atoms with Crippen LogP contribution in [0.1, 0.15) is 5.56 Å². The molecule has 0 unspecified atom stereocenters. The predicted octanol–water partition coefficient (Wildman–Crippen LogP) is 3.27. The lowest BCUT2D eigenvalue weighted by molar-refractivity contribution is 0.462. The van der Waals surface area contributed by atoms with Gasteiger partial charge in [0.25, 0.3) is 0 Å². The maximum atomic E-state index is 13.2. The molecule has 26 heavy (non-hydrogen) atoms. The van der Waals surface area contributed by atoms with Gasteiger partial charge in [0.2, 0.25) is 10.0 Å². The van der Waals surface area contributed by atoms with E-state index >= 15 is 0 Å². The van der Waals surface area contributed by atoms with Crippen LogP contribution in [0, 0.1) is 0 Å². The van der Waals surface area contributed by atoms with E-state index in [1.165, 1.54) is 18.3 Å². The zero-order valence-electron chi connectivity index (χ0n) is 14.3. The first-order valence-corrected chi connectivity index (χ1v) is 9.94. The van der Waals surface area contributed by atoms with E-state index in [2.05, 4.69) is 4.98 Å². The lowest BCUT2D eigenvalue weighted by Gasteiger charge is -2.19. The van der Waals surface area contributed by atoms with E-state index in [1.807, 2.05) is 36.2 Å².